The van der Waals surface area contributed by atoms with E-state index in [2.05, 4.69) is 4.98 Å². The number of carbonyl (C=O) groups is 2. The van der Waals surface area contributed by atoms with Crippen LogP contribution in [-0.4, -0.2) is 44.5 Å². The number of amides is 1. The van der Waals surface area contributed by atoms with Crippen LogP contribution in [0.25, 0.3) is 11.0 Å². The molecule has 0 spiro atoms. The highest BCUT2D eigenvalue weighted by molar-refractivity contribution is 5.98. The van der Waals surface area contributed by atoms with Crippen molar-refractivity contribution in [2.75, 3.05) is 13.1 Å². The second-order valence-electron chi connectivity index (χ2n) is 8.71. The number of aromatic nitrogens is 2. The maximum absolute atomic E-state index is 13.1. The largest absolute Gasteiger partial charge is 0.481 e. The third-order valence-electron chi connectivity index (χ3n) is 7.24. The lowest BCUT2D eigenvalue weighted by Gasteiger charge is -2.23. The van der Waals surface area contributed by atoms with Gasteiger partial charge in [-0.05, 0) is 49.8 Å². The molecule has 7 nitrogen and oxygen atoms in total. The lowest BCUT2D eigenvalue weighted by molar-refractivity contribution is -0.149. The van der Waals surface area contributed by atoms with Crippen LogP contribution < -0.4 is 5.69 Å². The van der Waals surface area contributed by atoms with Crippen LogP contribution in [0.4, 0.5) is 0 Å². The molecule has 0 unspecified atom stereocenters. The number of benzene rings is 1. The topological polar surface area (TPSA) is 95.4 Å². The highest BCUT2D eigenvalue weighted by Gasteiger charge is 2.55. The summed E-state index contributed by atoms with van der Waals surface area (Å²) in [5, 5.41) is 9.74. The Morgan fingerprint density at radius 1 is 1.14 bits per heavy atom. The molecule has 148 valence electrons. The number of nitrogens with one attached hydrogen (secondary N) is 1. The molecule has 2 atom stereocenters. The number of aromatic amines is 1. The van der Waals surface area contributed by atoms with Crippen LogP contribution in [0.1, 0.15) is 61.3 Å². The number of nitrogens with zero attached hydrogens (tertiary/aromatic N) is 2. The molecule has 3 aliphatic rings. The Balaban J connectivity index is 1.45. The number of fused-ring (bicyclic) bond motifs is 2. The Morgan fingerprint density at radius 3 is 2.64 bits per heavy atom. The molecule has 2 aromatic rings. The Hall–Kier alpha value is -2.57. The molecule has 3 fully saturated rings. The highest BCUT2D eigenvalue weighted by atomic mass is 16.4. The summed E-state index contributed by atoms with van der Waals surface area (Å²) in [6.07, 6.45) is 6.74. The molecule has 28 heavy (non-hydrogen) atoms. The van der Waals surface area contributed by atoms with Gasteiger partial charge in [0.25, 0.3) is 5.91 Å². The first-order valence-electron chi connectivity index (χ1n) is 10.3. The molecule has 1 aromatic carbocycles. The second-order valence-corrected chi connectivity index (χ2v) is 8.71. The van der Waals surface area contributed by atoms with Crippen molar-refractivity contribution < 1.29 is 14.7 Å². The van der Waals surface area contributed by atoms with E-state index in [1.165, 1.54) is 0 Å². The summed E-state index contributed by atoms with van der Waals surface area (Å²) >= 11 is 0. The van der Waals surface area contributed by atoms with Crippen molar-refractivity contribution in [2.45, 2.75) is 51.0 Å². The number of carboxylic acids is 1. The number of aliphatic carboxylic acids is 1. The van der Waals surface area contributed by atoms with E-state index in [-0.39, 0.29) is 30.1 Å². The van der Waals surface area contributed by atoms with E-state index in [0.29, 0.717) is 24.0 Å². The number of H-pyrrole nitrogens is 1. The molecule has 1 amide bonds. The van der Waals surface area contributed by atoms with Gasteiger partial charge < -0.3 is 15.0 Å². The number of imidazole rings is 1. The molecule has 0 radical (unpaired) electrons. The number of carboxylic acid groups (broad SMARTS) is 1. The molecule has 1 aromatic heterocycles. The lowest BCUT2D eigenvalue weighted by atomic mass is 9.81. The molecule has 0 bridgehead atoms. The molecule has 1 saturated heterocycles. The highest BCUT2D eigenvalue weighted by Crippen LogP contribution is 2.49. The zero-order valence-electron chi connectivity index (χ0n) is 15.8. The number of hydrogen-bond acceptors (Lipinski definition) is 3. The van der Waals surface area contributed by atoms with Gasteiger partial charge in [-0.3, -0.25) is 14.2 Å². The van der Waals surface area contributed by atoms with Gasteiger partial charge in [0.1, 0.15) is 0 Å². The van der Waals surface area contributed by atoms with Gasteiger partial charge in [0.2, 0.25) is 0 Å². The summed E-state index contributed by atoms with van der Waals surface area (Å²) in [6, 6.07) is 5.59. The standard InChI is InChI=1S/C21H25N3O4/c25-18(23-11-14-4-3-9-21(14,12-23)19(26)27)13-7-8-17-16(10-13)22-20(28)24(17)15-5-1-2-6-15/h7-8,10,14-15H,1-6,9,11-12H2,(H,22,28)(H,26,27)/t14-,21+/m0/s1. The van der Waals surface area contributed by atoms with Crippen molar-refractivity contribution in [1.29, 1.82) is 0 Å². The van der Waals surface area contributed by atoms with Crippen LogP contribution in [0, 0.1) is 11.3 Å². The average molecular weight is 383 g/mol. The van der Waals surface area contributed by atoms with E-state index >= 15 is 0 Å². The van der Waals surface area contributed by atoms with Gasteiger partial charge in [-0.2, -0.15) is 0 Å². The Bertz CT molecular complexity index is 1020. The maximum atomic E-state index is 13.1. The fourth-order valence-corrected chi connectivity index (χ4v) is 5.77. The summed E-state index contributed by atoms with van der Waals surface area (Å²) in [5.41, 5.74) is 1.13. The van der Waals surface area contributed by atoms with Crippen molar-refractivity contribution in [1.82, 2.24) is 14.5 Å². The van der Waals surface area contributed by atoms with E-state index in [0.717, 1.165) is 44.0 Å². The van der Waals surface area contributed by atoms with E-state index in [1.54, 1.807) is 17.0 Å². The van der Waals surface area contributed by atoms with Gasteiger partial charge in [0.05, 0.1) is 16.4 Å². The van der Waals surface area contributed by atoms with E-state index < -0.39 is 11.4 Å². The predicted octanol–water partition coefficient (Wildman–Crippen LogP) is 2.77. The predicted molar refractivity (Wildman–Crippen MR) is 103 cm³/mol. The van der Waals surface area contributed by atoms with Crippen LogP contribution in [0.15, 0.2) is 23.0 Å². The van der Waals surface area contributed by atoms with Gasteiger partial charge >= 0.3 is 11.7 Å². The van der Waals surface area contributed by atoms with Crippen LogP contribution in [0.5, 0.6) is 0 Å². The first kappa shape index (κ1) is 17.5. The summed E-state index contributed by atoms with van der Waals surface area (Å²) in [7, 11) is 0. The zero-order chi connectivity index (χ0) is 19.5. The van der Waals surface area contributed by atoms with Crippen molar-refractivity contribution in [3.05, 3.63) is 34.2 Å². The molecule has 2 heterocycles. The van der Waals surface area contributed by atoms with Gasteiger partial charge in [0.15, 0.2) is 0 Å². The van der Waals surface area contributed by atoms with Crippen LogP contribution >= 0.6 is 0 Å². The lowest BCUT2D eigenvalue weighted by Crippen LogP contribution is -2.37. The Labute approximate surface area is 162 Å². The van der Waals surface area contributed by atoms with Crippen LogP contribution in [0.2, 0.25) is 0 Å². The van der Waals surface area contributed by atoms with Gasteiger partial charge in [-0.25, -0.2) is 4.79 Å². The van der Waals surface area contributed by atoms with Crippen LogP contribution in [0.3, 0.4) is 0 Å². The summed E-state index contributed by atoms with van der Waals surface area (Å²) < 4.78 is 1.83. The van der Waals surface area contributed by atoms with E-state index in [1.807, 2.05) is 10.6 Å². The zero-order valence-corrected chi connectivity index (χ0v) is 15.8. The summed E-state index contributed by atoms with van der Waals surface area (Å²) in [6.45, 7) is 0.784. The number of carbonyl (C=O) groups excluding carboxylic acids is 1. The monoisotopic (exact) mass is 383 g/mol. The van der Waals surface area contributed by atoms with Gasteiger partial charge in [-0.1, -0.05) is 19.3 Å². The van der Waals surface area contributed by atoms with Crippen molar-refractivity contribution >= 4 is 22.9 Å². The quantitative estimate of drug-likeness (QED) is 0.852. The fourth-order valence-electron chi connectivity index (χ4n) is 5.77. The molecule has 1 aliphatic heterocycles. The molecule has 7 heteroatoms. The molecule has 2 aliphatic carbocycles. The number of likely N-dealkylation sites (tertiary alicyclic amines) is 1. The van der Waals surface area contributed by atoms with Crippen LogP contribution in [-0.2, 0) is 4.79 Å². The third kappa shape index (κ3) is 2.45. The smallest absolute Gasteiger partial charge is 0.326 e. The molecular weight excluding hydrogens is 358 g/mol. The molecule has 5 rings (SSSR count). The van der Waals surface area contributed by atoms with Crippen molar-refractivity contribution in [2.24, 2.45) is 11.3 Å². The van der Waals surface area contributed by atoms with Gasteiger partial charge in [-0.15, -0.1) is 0 Å². The second kappa shape index (κ2) is 6.22. The normalized spacial score (nSPS) is 27.6. The third-order valence-corrected chi connectivity index (χ3v) is 7.24. The minimum Gasteiger partial charge on any atom is -0.481 e. The molecule has 2 N–H and O–H groups in total. The first-order valence-corrected chi connectivity index (χ1v) is 10.3. The summed E-state index contributed by atoms with van der Waals surface area (Å²) in [5.74, 6) is -0.883. The molecular formula is C21H25N3O4. The SMILES string of the molecule is O=C(c1ccc2c(c1)[nH]c(=O)n2C1CCCC1)N1C[C@@H]2CCC[C@@]2(C(=O)O)C1. The number of rotatable bonds is 3. The average Bonchev–Trinajstić information content (AvgIpc) is 3.41. The maximum Gasteiger partial charge on any atom is 0.326 e. The Morgan fingerprint density at radius 2 is 1.93 bits per heavy atom. The van der Waals surface area contributed by atoms with Crippen molar-refractivity contribution in [3.8, 4) is 0 Å². The minimum atomic E-state index is -0.779. The first-order chi connectivity index (χ1) is 13.5. The van der Waals surface area contributed by atoms with Crippen molar-refractivity contribution in [3.63, 3.8) is 0 Å². The number of hydrogen-bond donors (Lipinski definition) is 2. The fraction of sp³-hybridized carbons (Fsp3) is 0.571. The summed E-state index contributed by atoms with van der Waals surface area (Å²) in [4.78, 5) is 42.0. The minimum absolute atomic E-state index is 0.0425. The van der Waals surface area contributed by atoms with E-state index in [4.69, 9.17) is 0 Å². The van der Waals surface area contributed by atoms with Gasteiger partial charge in [0, 0.05) is 24.7 Å². The van der Waals surface area contributed by atoms with E-state index in [9.17, 15) is 19.5 Å². The molecule has 2 saturated carbocycles. The Kier molecular flexibility index (Phi) is 3.89.